The highest BCUT2D eigenvalue weighted by Crippen LogP contribution is 2.41. The Morgan fingerprint density at radius 3 is 1.68 bits per heavy atom. The number of hydrogen-bond acceptors (Lipinski definition) is 5. The molecule has 0 saturated carbocycles. The van der Waals surface area contributed by atoms with Gasteiger partial charge in [-0.3, -0.25) is 0 Å². The van der Waals surface area contributed by atoms with Crippen LogP contribution in [0.15, 0.2) is 158 Å². The van der Waals surface area contributed by atoms with E-state index < -0.39 is 0 Å². The molecule has 9 rings (SSSR count). The molecule has 0 aliphatic rings. The van der Waals surface area contributed by atoms with E-state index >= 15 is 0 Å². The van der Waals surface area contributed by atoms with E-state index in [-0.39, 0.29) is 0 Å². The molecule has 0 aliphatic heterocycles. The molecule has 5 heteroatoms. The van der Waals surface area contributed by atoms with Gasteiger partial charge in [-0.15, -0.1) is 11.3 Å². The Hall–Kier alpha value is -6.04. The SMILES string of the molecule is c1ccc(-c2nc(-c3ccccc3)nc(-c3ccc4ccccc4c3-c3ccc4c(ccc5nc(-c6ccccc6)sc54)c3)n2)cc1. The van der Waals surface area contributed by atoms with Crippen LogP contribution in [0.2, 0.25) is 0 Å². The van der Waals surface area contributed by atoms with Crippen LogP contribution in [0.3, 0.4) is 0 Å². The summed E-state index contributed by atoms with van der Waals surface area (Å²) in [6.45, 7) is 0. The molecule has 4 nitrogen and oxygen atoms in total. The molecule has 0 aliphatic carbocycles. The summed E-state index contributed by atoms with van der Waals surface area (Å²) in [5.41, 5.74) is 7.23. The topological polar surface area (TPSA) is 51.6 Å². The summed E-state index contributed by atoms with van der Waals surface area (Å²) in [6.07, 6.45) is 0. The molecule has 0 N–H and O–H groups in total. The van der Waals surface area contributed by atoms with Crippen molar-refractivity contribution in [2.45, 2.75) is 0 Å². The van der Waals surface area contributed by atoms with Gasteiger partial charge in [0.05, 0.1) is 10.2 Å². The van der Waals surface area contributed by atoms with E-state index in [9.17, 15) is 0 Å². The minimum Gasteiger partial charge on any atom is -0.236 e. The largest absolute Gasteiger partial charge is 0.236 e. The standard InChI is InChI=1S/C42H26N4S/c1-4-13-28(14-5-1)39-44-40(29-15-6-2-7-16-29)46-41(45-39)35-24-20-27-12-10-11-19-33(27)37(35)32-21-23-34-31(26-32)22-25-36-38(34)47-42(43-36)30-17-8-3-9-18-30/h1-26H. The maximum absolute atomic E-state index is 5.10. The molecule has 0 unspecified atom stereocenters. The predicted octanol–water partition coefficient (Wildman–Crippen LogP) is 11.1. The number of benzene rings is 7. The molecule has 47 heavy (non-hydrogen) atoms. The number of hydrogen-bond donors (Lipinski definition) is 0. The van der Waals surface area contributed by atoms with Crippen molar-refractivity contribution in [3.8, 4) is 55.9 Å². The minimum atomic E-state index is 0.643. The Bertz CT molecular complexity index is 2500. The summed E-state index contributed by atoms with van der Waals surface area (Å²) in [6, 6.07) is 54.6. The Kier molecular flexibility index (Phi) is 6.61. The fourth-order valence-corrected chi connectivity index (χ4v) is 7.38. The Balaban J connectivity index is 1.26. The van der Waals surface area contributed by atoms with Crippen LogP contribution < -0.4 is 0 Å². The Labute approximate surface area is 275 Å². The maximum atomic E-state index is 5.10. The van der Waals surface area contributed by atoms with Gasteiger partial charge in [-0.25, -0.2) is 19.9 Å². The third kappa shape index (κ3) is 4.94. The zero-order valence-electron chi connectivity index (χ0n) is 25.2. The van der Waals surface area contributed by atoms with Crippen LogP contribution in [0, 0.1) is 0 Å². The predicted molar refractivity (Wildman–Crippen MR) is 195 cm³/mol. The average molecular weight is 619 g/mol. The summed E-state index contributed by atoms with van der Waals surface area (Å²) >= 11 is 1.75. The first-order valence-corrected chi connectivity index (χ1v) is 16.4. The highest BCUT2D eigenvalue weighted by atomic mass is 32.1. The molecule has 0 bridgehead atoms. The first-order valence-electron chi connectivity index (χ1n) is 15.6. The van der Waals surface area contributed by atoms with Crippen LogP contribution in [-0.2, 0) is 0 Å². The average Bonchev–Trinajstić information content (AvgIpc) is 3.60. The van der Waals surface area contributed by atoms with Crippen molar-refractivity contribution in [2.24, 2.45) is 0 Å². The molecule has 0 atom stereocenters. The molecular weight excluding hydrogens is 593 g/mol. The van der Waals surface area contributed by atoms with E-state index in [2.05, 4.69) is 91.0 Å². The second kappa shape index (κ2) is 11.4. The number of rotatable bonds is 5. The van der Waals surface area contributed by atoms with E-state index in [1.807, 2.05) is 66.7 Å². The second-order valence-electron chi connectivity index (χ2n) is 11.5. The summed E-state index contributed by atoms with van der Waals surface area (Å²) in [4.78, 5) is 20.1. The molecule has 0 spiro atoms. The molecule has 9 aromatic rings. The Morgan fingerprint density at radius 1 is 0.383 bits per heavy atom. The zero-order chi connectivity index (χ0) is 31.2. The van der Waals surface area contributed by atoms with Gasteiger partial charge in [0.15, 0.2) is 17.5 Å². The van der Waals surface area contributed by atoms with Crippen molar-refractivity contribution in [1.82, 2.24) is 19.9 Å². The van der Waals surface area contributed by atoms with Crippen molar-refractivity contribution in [3.63, 3.8) is 0 Å². The lowest BCUT2D eigenvalue weighted by atomic mass is 9.91. The fraction of sp³-hybridized carbons (Fsp3) is 0. The summed E-state index contributed by atoms with van der Waals surface area (Å²) in [5, 5.41) is 5.72. The lowest BCUT2D eigenvalue weighted by Gasteiger charge is -2.15. The van der Waals surface area contributed by atoms with E-state index in [1.54, 1.807) is 11.3 Å². The van der Waals surface area contributed by atoms with E-state index in [4.69, 9.17) is 19.9 Å². The molecule has 0 saturated heterocycles. The van der Waals surface area contributed by atoms with Crippen LogP contribution in [0.1, 0.15) is 0 Å². The fourth-order valence-electron chi connectivity index (χ4n) is 6.27. The molecule has 7 aromatic carbocycles. The molecule has 0 radical (unpaired) electrons. The van der Waals surface area contributed by atoms with Crippen molar-refractivity contribution in [2.75, 3.05) is 0 Å². The van der Waals surface area contributed by atoms with Crippen LogP contribution in [-0.4, -0.2) is 19.9 Å². The lowest BCUT2D eigenvalue weighted by Crippen LogP contribution is -2.01. The van der Waals surface area contributed by atoms with Crippen LogP contribution in [0.5, 0.6) is 0 Å². The Morgan fingerprint density at radius 2 is 0.979 bits per heavy atom. The van der Waals surface area contributed by atoms with E-state index in [0.717, 1.165) is 54.7 Å². The van der Waals surface area contributed by atoms with Crippen molar-refractivity contribution < 1.29 is 0 Å². The summed E-state index contributed by atoms with van der Waals surface area (Å²) < 4.78 is 1.20. The molecule has 2 aromatic heterocycles. The molecule has 0 fully saturated rings. The molecule has 2 heterocycles. The summed E-state index contributed by atoms with van der Waals surface area (Å²) in [5.74, 6) is 1.94. The molecule has 220 valence electrons. The van der Waals surface area contributed by atoms with Gasteiger partial charge in [0, 0.05) is 33.2 Å². The van der Waals surface area contributed by atoms with E-state index in [1.165, 1.54) is 15.5 Å². The highest BCUT2D eigenvalue weighted by molar-refractivity contribution is 7.22. The second-order valence-corrected chi connectivity index (χ2v) is 12.5. The number of thiazole rings is 1. The third-order valence-electron chi connectivity index (χ3n) is 8.55. The van der Waals surface area contributed by atoms with Crippen molar-refractivity contribution >= 4 is 43.1 Å². The molecular formula is C42H26N4S. The van der Waals surface area contributed by atoms with Crippen LogP contribution in [0.4, 0.5) is 0 Å². The monoisotopic (exact) mass is 618 g/mol. The highest BCUT2D eigenvalue weighted by Gasteiger charge is 2.19. The maximum Gasteiger partial charge on any atom is 0.164 e. The van der Waals surface area contributed by atoms with Gasteiger partial charge in [-0.1, -0.05) is 140 Å². The first-order chi connectivity index (χ1) is 23.3. The van der Waals surface area contributed by atoms with Crippen molar-refractivity contribution in [3.05, 3.63) is 158 Å². The van der Waals surface area contributed by atoms with Gasteiger partial charge in [0.1, 0.15) is 5.01 Å². The van der Waals surface area contributed by atoms with Gasteiger partial charge < -0.3 is 0 Å². The van der Waals surface area contributed by atoms with Gasteiger partial charge in [0.25, 0.3) is 0 Å². The van der Waals surface area contributed by atoms with Gasteiger partial charge in [-0.05, 0) is 39.9 Å². The lowest BCUT2D eigenvalue weighted by molar-refractivity contribution is 1.07. The van der Waals surface area contributed by atoms with Gasteiger partial charge in [0.2, 0.25) is 0 Å². The van der Waals surface area contributed by atoms with Crippen molar-refractivity contribution in [1.29, 1.82) is 0 Å². The zero-order valence-corrected chi connectivity index (χ0v) is 26.0. The number of aromatic nitrogens is 4. The summed E-state index contributed by atoms with van der Waals surface area (Å²) in [7, 11) is 0. The first kappa shape index (κ1) is 27.3. The van der Waals surface area contributed by atoms with Crippen LogP contribution in [0.25, 0.3) is 87.6 Å². The molecule has 0 amide bonds. The number of fused-ring (bicyclic) bond motifs is 4. The smallest absolute Gasteiger partial charge is 0.164 e. The van der Waals surface area contributed by atoms with Gasteiger partial charge >= 0.3 is 0 Å². The minimum absolute atomic E-state index is 0.643. The normalized spacial score (nSPS) is 11.4. The number of nitrogens with zero attached hydrogens (tertiary/aromatic N) is 4. The third-order valence-corrected chi connectivity index (χ3v) is 9.70. The quantitative estimate of drug-likeness (QED) is 0.193. The van der Waals surface area contributed by atoms with E-state index in [0.29, 0.717) is 17.5 Å². The van der Waals surface area contributed by atoms with Gasteiger partial charge in [-0.2, -0.15) is 0 Å². The van der Waals surface area contributed by atoms with Crippen LogP contribution >= 0.6 is 11.3 Å².